The molecule has 0 saturated carbocycles. The van der Waals surface area contributed by atoms with Crippen LogP contribution in [-0.4, -0.2) is 4.57 Å². The Kier molecular flexibility index (Phi) is 2.14. The Morgan fingerprint density at radius 2 is 2.13 bits per heavy atom. The zero-order valence-corrected chi connectivity index (χ0v) is 7.81. The Hall–Kier alpha value is -2.28. The predicted molar refractivity (Wildman–Crippen MR) is 54.9 cm³/mol. The largest absolute Gasteiger partial charge is 0.397 e. The zero-order valence-electron chi connectivity index (χ0n) is 7.81. The maximum Gasteiger partial charge on any atom is 0.125 e. The van der Waals surface area contributed by atoms with Crippen molar-refractivity contribution >= 4 is 5.69 Å². The molecule has 0 radical (unpaired) electrons. The van der Waals surface area contributed by atoms with Crippen LogP contribution in [-0.2, 0) is 0 Å². The van der Waals surface area contributed by atoms with Crippen molar-refractivity contribution in [3.63, 3.8) is 0 Å². The topological polar surface area (TPSA) is 54.7 Å². The van der Waals surface area contributed by atoms with Gasteiger partial charge in [-0.05, 0) is 30.3 Å². The number of nitrogens with two attached hydrogens (primary N) is 1. The minimum Gasteiger partial charge on any atom is -0.397 e. The maximum absolute atomic E-state index is 13.0. The number of aromatic nitrogens is 1. The van der Waals surface area contributed by atoms with Gasteiger partial charge in [0.2, 0.25) is 0 Å². The molecule has 0 fully saturated rings. The molecule has 0 bridgehead atoms. The van der Waals surface area contributed by atoms with Gasteiger partial charge in [-0.2, -0.15) is 5.26 Å². The Morgan fingerprint density at radius 3 is 2.87 bits per heavy atom. The van der Waals surface area contributed by atoms with Crippen LogP contribution in [0.3, 0.4) is 0 Å². The predicted octanol–water partition coefficient (Wildman–Crippen LogP) is 2.07. The molecule has 1 aromatic heterocycles. The van der Waals surface area contributed by atoms with Gasteiger partial charge in [-0.3, -0.25) is 0 Å². The van der Waals surface area contributed by atoms with E-state index in [1.807, 2.05) is 6.07 Å². The van der Waals surface area contributed by atoms with E-state index < -0.39 is 0 Å². The summed E-state index contributed by atoms with van der Waals surface area (Å²) in [5.41, 5.74) is 7.05. The summed E-state index contributed by atoms with van der Waals surface area (Å²) < 4.78 is 14.6. The maximum atomic E-state index is 13.0. The van der Waals surface area contributed by atoms with Gasteiger partial charge in [-0.1, -0.05) is 0 Å². The van der Waals surface area contributed by atoms with E-state index in [1.54, 1.807) is 22.9 Å². The molecule has 4 heteroatoms. The van der Waals surface area contributed by atoms with E-state index in [-0.39, 0.29) is 5.82 Å². The number of hydrogen-bond acceptors (Lipinski definition) is 2. The summed E-state index contributed by atoms with van der Waals surface area (Å²) in [7, 11) is 0. The average molecular weight is 201 g/mol. The molecular weight excluding hydrogens is 193 g/mol. The fraction of sp³-hybridized carbons (Fsp3) is 0. The number of nitriles is 1. The minimum absolute atomic E-state index is 0.378. The van der Waals surface area contributed by atoms with Gasteiger partial charge in [0, 0.05) is 6.20 Å². The Balaban J connectivity index is 2.64. The molecule has 0 spiro atoms. The summed E-state index contributed by atoms with van der Waals surface area (Å²) in [5, 5.41) is 8.82. The summed E-state index contributed by atoms with van der Waals surface area (Å²) in [6.45, 7) is 0. The molecule has 2 rings (SSSR count). The molecule has 2 aromatic rings. The van der Waals surface area contributed by atoms with Gasteiger partial charge in [0.15, 0.2) is 0 Å². The lowest BCUT2D eigenvalue weighted by atomic mass is 10.2. The highest BCUT2D eigenvalue weighted by atomic mass is 19.1. The van der Waals surface area contributed by atoms with E-state index in [2.05, 4.69) is 0 Å². The first-order valence-electron chi connectivity index (χ1n) is 4.35. The second kappa shape index (κ2) is 3.46. The van der Waals surface area contributed by atoms with Crippen molar-refractivity contribution < 1.29 is 4.39 Å². The monoisotopic (exact) mass is 201 g/mol. The summed E-state index contributed by atoms with van der Waals surface area (Å²) in [5.74, 6) is -0.378. The number of hydrogen-bond donors (Lipinski definition) is 1. The van der Waals surface area contributed by atoms with Crippen LogP contribution in [0.15, 0.2) is 36.5 Å². The van der Waals surface area contributed by atoms with E-state index in [9.17, 15) is 4.39 Å². The highest BCUT2D eigenvalue weighted by molar-refractivity contribution is 5.59. The fourth-order valence-electron chi connectivity index (χ4n) is 1.41. The summed E-state index contributed by atoms with van der Waals surface area (Å²) in [6.07, 6.45) is 1.67. The zero-order chi connectivity index (χ0) is 10.8. The van der Waals surface area contributed by atoms with Gasteiger partial charge >= 0.3 is 0 Å². The van der Waals surface area contributed by atoms with Gasteiger partial charge in [0.05, 0.1) is 11.4 Å². The number of nitrogen functional groups attached to an aromatic ring is 1. The molecule has 0 unspecified atom stereocenters. The van der Waals surface area contributed by atoms with Crippen LogP contribution >= 0.6 is 0 Å². The number of rotatable bonds is 1. The third-order valence-electron chi connectivity index (χ3n) is 2.12. The van der Waals surface area contributed by atoms with Crippen LogP contribution in [0.1, 0.15) is 5.69 Å². The van der Waals surface area contributed by atoms with Gasteiger partial charge in [-0.15, -0.1) is 0 Å². The number of benzene rings is 1. The van der Waals surface area contributed by atoms with E-state index >= 15 is 0 Å². The van der Waals surface area contributed by atoms with E-state index in [4.69, 9.17) is 11.0 Å². The molecule has 0 aliphatic heterocycles. The first-order chi connectivity index (χ1) is 7.22. The number of nitrogens with zero attached hydrogens (tertiary/aromatic N) is 2. The van der Waals surface area contributed by atoms with Gasteiger partial charge in [0.1, 0.15) is 17.6 Å². The minimum atomic E-state index is -0.378. The third-order valence-corrected chi connectivity index (χ3v) is 2.12. The standard InChI is InChI=1S/C11H8FN3/c12-8-3-4-10(14)11(6-8)15-5-1-2-9(15)7-13/h1-6H,14H2. The number of halogens is 1. The molecule has 3 nitrogen and oxygen atoms in total. The van der Waals surface area contributed by atoms with Gasteiger partial charge in [0.25, 0.3) is 0 Å². The molecule has 0 atom stereocenters. The lowest BCUT2D eigenvalue weighted by molar-refractivity contribution is 0.627. The highest BCUT2D eigenvalue weighted by Gasteiger charge is 2.06. The SMILES string of the molecule is N#Cc1cccn1-c1cc(F)ccc1N. The van der Waals surface area contributed by atoms with Crippen molar-refractivity contribution in [2.24, 2.45) is 0 Å². The normalized spacial score (nSPS) is 9.87. The molecule has 0 amide bonds. The highest BCUT2D eigenvalue weighted by Crippen LogP contribution is 2.20. The van der Waals surface area contributed by atoms with Crippen LogP contribution in [0.2, 0.25) is 0 Å². The molecule has 1 heterocycles. The molecule has 15 heavy (non-hydrogen) atoms. The Bertz CT molecular complexity index is 537. The molecule has 0 aliphatic rings. The molecular formula is C11H8FN3. The van der Waals surface area contributed by atoms with E-state index in [1.165, 1.54) is 18.2 Å². The van der Waals surface area contributed by atoms with Crippen LogP contribution in [0, 0.1) is 17.1 Å². The van der Waals surface area contributed by atoms with E-state index in [0.717, 1.165) is 0 Å². The summed E-state index contributed by atoms with van der Waals surface area (Å²) in [6, 6.07) is 9.43. The second-order valence-electron chi connectivity index (χ2n) is 3.08. The molecule has 2 N–H and O–H groups in total. The summed E-state index contributed by atoms with van der Waals surface area (Å²) >= 11 is 0. The third kappa shape index (κ3) is 1.55. The van der Waals surface area contributed by atoms with Crippen LogP contribution in [0.4, 0.5) is 10.1 Å². The lowest BCUT2D eigenvalue weighted by Gasteiger charge is -2.07. The van der Waals surface area contributed by atoms with Crippen molar-refractivity contribution in [3.8, 4) is 11.8 Å². The molecule has 0 saturated heterocycles. The van der Waals surface area contributed by atoms with Crippen LogP contribution in [0.25, 0.3) is 5.69 Å². The van der Waals surface area contributed by atoms with Crippen molar-refractivity contribution in [2.75, 3.05) is 5.73 Å². The fourth-order valence-corrected chi connectivity index (χ4v) is 1.41. The first-order valence-corrected chi connectivity index (χ1v) is 4.35. The Labute approximate surface area is 86.2 Å². The molecule has 74 valence electrons. The molecule has 1 aromatic carbocycles. The second-order valence-corrected chi connectivity index (χ2v) is 3.08. The van der Waals surface area contributed by atoms with E-state index in [0.29, 0.717) is 17.1 Å². The Morgan fingerprint density at radius 1 is 1.33 bits per heavy atom. The quantitative estimate of drug-likeness (QED) is 0.718. The first kappa shape index (κ1) is 9.28. The van der Waals surface area contributed by atoms with Crippen molar-refractivity contribution in [2.45, 2.75) is 0 Å². The lowest BCUT2D eigenvalue weighted by Crippen LogP contribution is -2.01. The number of anilines is 1. The molecule has 0 aliphatic carbocycles. The average Bonchev–Trinajstić information content (AvgIpc) is 2.69. The van der Waals surface area contributed by atoms with Crippen molar-refractivity contribution in [1.29, 1.82) is 5.26 Å². The smallest absolute Gasteiger partial charge is 0.125 e. The van der Waals surface area contributed by atoms with Crippen LogP contribution < -0.4 is 5.73 Å². The van der Waals surface area contributed by atoms with Crippen molar-refractivity contribution in [3.05, 3.63) is 48.0 Å². The summed E-state index contributed by atoms with van der Waals surface area (Å²) in [4.78, 5) is 0. The van der Waals surface area contributed by atoms with Gasteiger partial charge < -0.3 is 10.3 Å². The van der Waals surface area contributed by atoms with Crippen molar-refractivity contribution in [1.82, 2.24) is 4.57 Å². The van der Waals surface area contributed by atoms with Crippen LogP contribution in [0.5, 0.6) is 0 Å². The van der Waals surface area contributed by atoms with Gasteiger partial charge in [-0.25, -0.2) is 4.39 Å².